The number of nitrogens with zero attached hydrogens (tertiary/aromatic N) is 1. The van der Waals surface area contributed by atoms with Gasteiger partial charge in [-0.2, -0.15) is 5.10 Å². The Hall–Kier alpha value is -2.62. The van der Waals surface area contributed by atoms with Crippen LogP contribution in [0.5, 0.6) is 0 Å². The van der Waals surface area contributed by atoms with Crippen molar-refractivity contribution in [2.75, 3.05) is 7.05 Å². The van der Waals surface area contributed by atoms with Crippen molar-refractivity contribution in [2.24, 2.45) is 0 Å². The van der Waals surface area contributed by atoms with E-state index < -0.39 is 0 Å². The molecule has 1 aromatic heterocycles. The smallest absolute Gasteiger partial charge is 0.220 e. The number of carbonyl (C=O) groups is 1. The Morgan fingerprint density at radius 3 is 2.76 bits per heavy atom. The summed E-state index contributed by atoms with van der Waals surface area (Å²) in [5.74, 6) is 0.0377. The van der Waals surface area contributed by atoms with E-state index in [1.54, 1.807) is 13.2 Å². The van der Waals surface area contributed by atoms with Gasteiger partial charge in [0.05, 0.1) is 11.7 Å². The highest BCUT2D eigenvalue weighted by molar-refractivity contribution is 5.84. The quantitative estimate of drug-likeness (QED) is 0.771. The normalized spacial score (nSPS) is 12.2. The van der Waals surface area contributed by atoms with Gasteiger partial charge in [-0.15, -0.1) is 0 Å². The molecule has 1 heterocycles. The number of nitrogens with one attached hydrogen (secondary N) is 2. The van der Waals surface area contributed by atoms with Crippen LogP contribution in [0.2, 0.25) is 0 Å². The van der Waals surface area contributed by atoms with Crippen LogP contribution >= 0.6 is 0 Å². The number of fused-ring (bicyclic) bond motifs is 1. The SMILES string of the molecule is CNC(=O)CC(c1ccccc1)c1cccc2cn[nH]c12. The van der Waals surface area contributed by atoms with E-state index in [1.807, 2.05) is 30.3 Å². The minimum atomic E-state index is 0.00954. The second kappa shape index (κ2) is 5.79. The third-order valence-corrected chi connectivity index (χ3v) is 3.75. The second-order valence-electron chi connectivity index (χ2n) is 5.02. The van der Waals surface area contributed by atoms with E-state index in [0.717, 1.165) is 22.0 Å². The lowest BCUT2D eigenvalue weighted by Gasteiger charge is -2.18. The van der Waals surface area contributed by atoms with Gasteiger partial charge in [-0.3, -0.25) is 9.89 Å². The molecule has 3 aromatic rings. The van der Waals surface area contributed by atoms with Crippen LogP contribution in [0.25, 0.3) is 10.9 Å². The molecule has 0 aliphatic heterocycles. The minimum absolute atomic E-state index is 0.00954. The standard InChI is InChI=1S/C17H17N3O/c1-18-16(21)10-15(12-6-3-2-4-7-12)14-9-5-8-13-11-19-20-17(13)14/h2-9,11,15H,10H2,1H3,(H,18,21)(H,19,20). The highest BCUT2D eigenvalue weighted by atomic mass is 16.1. The summed E-state index contributed by atoms with van der Waals surface area (Å²) in [4.78, 5) is 11.9. The molecule has 0 spiro atoms. The van der Waals surface area contributed by atoms with Gasteiger partial charge in [0.2, 0.25) is 5.91 Å². The predicted octanol–water partition coefficient (Wildman–Crippen LogP) is 2.83. The molecule has 0 saturated carbocycles. The Morgan fingerprint density at radius 1 is 1.19 bits per heavy atom. The van der Waals surface area contributed by atoms with Gasteiger partial charge in [-0.1, -0.05) is 48.5 Å². The molecule has 0 saturated heterocycles. The summed E-state index contributed by atoms with van der Waals surface area (Å²) in [6.45, 7) is 0. The molecule has 21 heavy (non-hydrogen) atoms. The third kappa shape index (κ3) is 2.65. The van der Waals surface area contributed by atoms with E-state index in [2.05, 4.69) is 33.7 Å². The molecule has 2 N–H and O–H groups in total. The summed E-state index contributed by atoms with van der Waals surface area (Å²) in [5, 5.41) is 10.9. The van der Waals surface area contributed by atoms with Crippen molar-refractivity contribution in [3.05, 3.63) is 65.9 Å². The van der Waals surface area contributed by atoms with Crippen molar-refractivity contribution in [1.82, 2.24) is 15.5 Å². The van der Waals surface area contributed by atoms with Crippen LogP contribution in [-0.2, 0) is 4.79 Å². The van der Waals surface area contributed by atoms with Crippen LogP contribution in [0.1, 0.15) is 23.5 Å². The summed E-state index contributed by atoms with van der Waals surface area (Å²) in [7, 11) is 1.67. The largest absolute Gasteiger partial charge is 0.359 e. The van der Waals surface area contributed by atoms with E-state index >= 15 is 0 Å². The Labute approximate surface area is 123 Å². The number of carbonyl (C=O) groups excluding carboxylic acids is 1. The molecule has 0 aliphatic rings. The second-order valence-corrected chi connectivity index (χ2v) is 5.02. The topological polar surface area (TPSA) is 57.8 Å². The zero-order valence-corrected chi connectivity index (χ0v) is 11.8. The Balaban J connectivity index is 2.10. The number of rotatable bonds is 4. The summed E-state index contributed by atoms with van der Waals surface area (Å²) >= 11 is 0. The fraction of sp³-hybridized carbons (Fsp3) is 0.176. The molecule has 1 unspecified atom stereocenters. The Morgan fingerprint density at radius 2 is 2.00 bits per heavy atom. The van der Waals surface area contributed by atoms with Gasteiger partial charge in [-0.25, -0.2) is 0 Å². The fourth-order valence-electron chi connectivity index (χ4n) is 2.66. The molecule has 0 fully saturated rings. The first kappa shape index (κ1) is 13.4. The van der Waals surface area contributed by atoms with Gasteiger partial charge >= 0.3 is 0 Å². The van der Waals surface area contributed by atoms with Crippen LogP contribution in [0.4, 0.5) is 0 Å². The number of aromatic amines is 1. The molecule has 4 heteroatoms. The number of benzene rings is 2. The van der Waals surface area contributed by atoms with Crippen molar-refractivity contribution in [3.63, 3.8) is 0 Å². The number of H-pyrrole nitrogens is 1. The molecule has 1 atom stereocenters. The molecular weight excluding hydrogens is 262 g/mol. The average Bonchev–Trinajstić information content (AvgIpc) is 3.02. The van der Waals surface area contributed by atoms with Crippen LogP contribution < -0.4 is 5.32 Å². The highest BCUT2D eigenvalue weighted by Crippen LogP contribution is 2.32. The highest BCUT2D eigenvalue weighted by Gasteiger charge is 2.20. The zero-order valence-electron chi connectivity index (χ0n) is 11.8. The fourth-order valence-corrected chi connectivity index (χ4v) is 2.66. The first-order valence-electron chi connectivity index (χ1n) is 6.97. The maximum absolute atomic E-state index is 11.9. The maximum Gasteiger partial charge on any atom is 0.220 e. The van der Waals surface area contributed by atoms with E-state index in [0.29, 0.717) is 6.42 Å². The van der Waals surface area contributed by atoms with Crippen molar-refractivity contribution in [2.45, 2.75) is 12.3 Å². The first-order valence-corrected chi connectivity index (χ1v) is 6.97. The van der Waals surface area contributed by atoms with Crippen molar-refractivity contribution in [3.8, 4) is 0 Å². The van der Waals surface area contributed by atoms with Gasteiger partial charge in [-0.05, 0) is 11.1 Å². The number of para-hydroxylation sites is 1. The van der Waals surface area contributed by atoms with Crippen molar-refractivity contribution < 1.29 is 4.79 Å². The zero-order chi connectivity index (χ0) is 14.7. The number of amides is 1. The van der Waals surface area contributed by atoms with Gasteiger partial charge in [0.15, 0.2) is 0 Å². The molecule has 1 amide bonds. The number of hydrogen-bond acceptors (Lipinski definition) is 2. The lowest BCUT2D eigenvalue weighted by atomic mass is 9.87. The van der Waals surface area contributed by atoms with Crippen LogP contribution in [0, 0.1) is 0 Å². The molecular formula is C17H17N3O. The molecule has 0 aliphatic carbocycles. The molecule has 4 nitrogen and oxygen atoms in total. The lowest BCUT2D eigenvalue weighted by Crippen LogP contribution is -2.21. The monoisotopic (exact) mass is 279 g/mol. The summed E-state index contributed by atoms with van der Waals surface area (Å²) in [6.07, 6.45) is 2.22. The number of hydrogen-bond donors (Lipinski definition) is 2. The molecule has 3 rings (SSSR count). The molecule has 0 bridgehead atoms. The first-order chi connectivity index (χ1) is 10.3. The van der Waals surface area contributed by atoms with Gasteiger partial charge in [0.1, 0.15) is 0 Å². The maximum atomic E-state index is 11.9. The van der Waals surface area contributed by atoms with Gasteiger partial charge in [0, 0.05) is 24.8 Å². The summed E-state index contributed by atoms with van der Waals surface area (Å²) < 4.78 is 0. The van der Waals surface area contributed by atoms with Crippen LogP contribution in [0.3, 0.4) is 0 Å². The van der Waals surface area contributed by atoms with Crippen LogP contribution in [-0.4, -0.2) is 23.2 Å². The lowest BCUT2D eigenvalue weighted by molar-refractivity contribution is -0.120. The minimum Gasteiger partial charge on any atom is -0.359 e. The van der Waals surface area contributed by atoms with E-state index in [9.17, 15) is 4.79 Å². The van der Waals surface area contributed by atoms with Crippen LogP contribution in [0.15, 0.2) is 54.7 Å². The van der Waals surface area contributed by atoms with E-state index in [4.69, 9.17) is 0 Å². The van der Waals surface area contributed by atoms with E-state index in [1.165, 1.54) is 0 Å². The van der Waals surface area contributed by atoms with Crippen molar-refractivity contribution >= 4 is 16.8 Å². The average molecular weight is 279 g/mol. The molecule has 0 radical (unpaired) electrons. The van der Waals surface area contributed by atoms with E-state index in [-0.39, 0.29) is 11.8 Å². The van der Waals surface area contributed by atoms with Crippen molar-refractivity contribution in [1.29, 1.82) is 0 Å². The van der Waals surface area contributed by atoms with Gasteiger partial charge in [0.25, 0.3) is 0 Å². The van der Waals surface area contributed by atoms with Gasteiger partial charge < -0.3 is 5.32 Å². The Kier molecular flexibility index (Phi) is 3.69. The molecule has 106 valence electrons. The number of aromatic nitrogens is 2. The predicted molar refractivity (Wildman–Crippen MR) is 83.1 cm³/mol. The summed E-state index contributed by atoms with van der Waals surface area (Å²) in [6, 6.07) is 16.2. The summed E-state index contributed by atoms with van der Waals surface area (Å²) in [5.41, 5.74) is 3.22. The third-order valence-electron chi connectivity index (χ3n) is 3.75. The Bertz CT molecular complexity index is 749. The molecule has 2 aromatic carbocycles.